The summed E-state index contributed by atoms with van der Waals surface area (Å²) in [7, 11) is -4.03. The third kappa shape index (κ3) is 3.24. The maximum Gasteiger partial charge on any atom is 0.343 e. The van der Waals surface area contributed by atoms with Crippen LogP contribution < -0.4 is 9.21 Å². The average Bonchev–Trinajstić information content (AvgIpc) is 2.73. The van der Waals surface area contributed by atoms with Gasteiger partial charge in [-0.25, -0.2) is 13.2 Å². The third-order valence-corrected chi connectivity index (χ3v) is 6.52. The van der Waals surface area contributed by atoms with Crippen LogP contribution in [0, 0.1) is 18.3 Å². The van der Waals surface area contributed by atoms with Gasteiger partial charge in [0.05, 0.1) is 29.6 Å². The Morgan fingerprint density at radius 2 is 1.59 bits per heavy atom. The third-order valence-electron chi connectivity index (χ3n) is 4.77. The maximum atomic E-state index is 13.3. The number of nitriles is 1. The van der Waals surface area contributed by atoms with Crippen molar-refractivity contribution in [1.29, 1.82) is 5.26 Å². The van der Waals surface area contributed by atoms with Crippen LogP contribution in [0.1, 0.15) is 16.7 Å². The van der Waals surface area contributed by atoms with Crippen molar-refractivity contribution in [2.45, 2.75) is 18.4 Å². The first-order valence-corrected chi connectivity index (χ1v) is 10.4. The van der Waals surface area contributed by atoms with E-state index in [1.165, 1.54) is 11.0 Å². The highest BCUT2D eigenvalue weighted by Gasteiger charge is 2.42. The first-order chi connectivity index (χ1) is 13.9. The van der Waals surface area contributed by atoms with Gasteiger partial charge in [-0.05, 0) is 48.9 Å². The van der Waals surface area contributed by atoms with Gasteiger partial charge in [-0.1, -0.05) is 42.0 Å². The predicted molar refractivity (Wildman–Crippen MR) is 110 cm³/mol. The Morgan fingerprint density at radius 3 is 2.24 bits per heavy atom. The molecule has 0 saturated carbocycles. The summed E-state index contributed by atoms with van der Waals surface area (Å²) >= 11 is 0. The Kier molecular flexibility index (Phi) is 4.57. The first kappa shape index (κ1) is 18.7. The van der Waals surface area contributed by atoms with Crippen molar-refractivity contribution in [2.24, 2.45) is 0 Å². The van der Waals surface area contributed by atoms with E-state index >= 15 is 0 Å². The van der Waals surface area contributed by atoms with Crippen molar-refractivity contribution in [3.63, 3.8) is 0 Å². The van der Waals surface area contributed by atoms with E-state index in [0.29, 0.717) is 16.9 Å². The molecular weight excluding hydrogens is 386 g/mol. The van der Waals surface area contributed by atoms with Gasteiger partial charge >= 0.3 is 6.03 Å². The van der Waals surface area contributed by atoms with Crippen molar-refractivity contribution < 1.29 is 13.2 Å². The zero-order valence-corrected chi connectivity index (χ0v) is 16.4. The number of carbonyl (C=O) groups is 1. The van der Waals surface area contributed by atoms with E-state index in [1.807, 2.05) is 6.92 Å². The monoisotopic (exact) mass is 403 g/mol. The van der Waals surface area contributed by atoms with Crippen molar-refractivity contribution >= 4 is 27.4 Å². The number of hydrogen-bond donors (Lipinski definition) is 0. The number of carbonyl (C=O) groups excluding carboxylic acids is 1. The van der Waals surface area contributed by atoms with E-state index in [4.69, 9.17) is 5.26 Å². The molecule has 1 heterocycles. The van der Waals surface area contributed by atoms with Crippen LogP contribution in [0.4, 0.5) is 16.2 Å². The van der Waals surface area contributed by atoms with E-state index in [9.17, 15) is 13.2 Å². The van der Waals surface area contributed by atoms with E-state index in [2.05, 4.69) is 6.07 Å². The van der Waals surface area contributed by atoms with Crippen molar-refractivity contribution in [1.82, 2.24) is 0 Å². The summed E-state index contributed by atoms with van der Waals surface area (Å²) in [6, 6.07) is 21.5. The molecule has 0 radical (unpaired) electrons. The molecule has 0 spiro atoms. The van der Waals surface area contributed by atoms with Crippen LogP contribution in [-0.4, -0.2) is 14.4 Å². The molecule has 3 aromatic rings. The maximum absolute atomic E-state index is 13.3. The Bertz CT molecular complexity index is 1230. The van der Waals surface area contributed by atoms with Crippen LogP contribution in [0.5, 0.6) is 0 Å². The molecule has 144 valence electrons. The van der Waals surface area contributed by atoms with E-state index in [0.717, 1.165) is 15.4 Å². The zero-order chi connectivity index (χ0) is 20.6. The number of para-hydroxylation sites is 1. The van der Waals surface area contributed by atoms with Crippen molar-refractivity contribution in [3.05, 3.63) is 89.5 Å². The highest BCUT2D eigenvalue weighted by Crippen LogP contribution is 2.37. The van der Waals surface area contributed by atoms with Gasteiger partial charge in [0.25, 0.3) is 10.0 Å². The molecule has 0 aromatic heterocycles. The summed E-state index contributed by atoms with van der Waals surface area (Å²) in [5.41, 5.74) is 2.90. The van der Waals surface area contributed by atoms with E-state index < -0.39 is 16.1 Å². The quantitative estimate of drug-likeness (QED) is 0.656. The highest BCUT2D eigenvalue weighted by atomic mass is 32.2. The molecule has 2 amide bonds. The number of sulfonamides is 1. The normalized spacial score (nSPS) is 15.0. The summed E-state index contributed by atoms with van der Waals surface area (Å²) in [6.45, 7) is 2.07. The molecule has 6 nitrogen and oxygen atoms in total. The fraction of sp³-hybridized carbons (Fsp3) is 0.0909. The number of aryl methyl sites for hydroxylation is 1. The lowest BCUT2D eigenvalue weighted by Gasteiger charge is -2.36. The lowest BCUT2D eigenvalue weighted by Crippen LogP contribution is -2.50. The number of rotatable bonds is 3. The Labute approximate surface area is 169 Å². The van der Waals surface area contributed by atoms with Crippen molar-refractivity contribution in [3.8, 4) is 6.07 Å². The Morgan fingerprint density at radius 1 is 0.931 bits per heavy atom. The van der Waals surface area contributed by atoms with Gasteiger partial charge in [-0.3, -0.25) is 4.90 Å². The smallest absolute Gasteiger partial charge is 0.287 e. The largest absolute Gasteiger partial charge is 0.343 e. The fourth-order valence-corrected chi connectivity index (χ4v) is 4.85. The van der Waals surface area contributed by atoms with Crippen LogP contribution in [0.2, 0.25) is 0 Å². The Balaban J connectivity index is 1.83. The number of anilines is 2. The standard InChI is InChI=1S/C22H17N3O3S/c1-16-6-12-19(13-7-16)25-22(26)24(15-18-10-8-17(14-23)9-11-18)20-4-2-3-5-21(20)29(25,27)28/h2-13H,15H2,1H3. The SMILES string of the molecule is Cc1ccc(N2C(=O)N(Cc3ccc(C#N)cc3)c3ccccc3S2(=O)=O)cc1. The van der Waals surface area contributed by atoms with Crippen LogP contribution in [0.3, 0.4) is 0 Å². The molecule has 0 atom stereocenters. The van der Waals surface area contributed by atoms with Gasteiger partial charge in [0, 0.05) is 0 Å². The molecule has 0 fully saturated rings. The van der Waals surface area contributed by atoms with Crippen molar-refractivity contribution in [2.75, 3.05) is 9.21 Å². The molecule has 1 aliphatic heterocycles. The molecule has 0 saturated heterocycles. The lowest BCUT2D eigenvalue weighted by molar-refractivity contribution is 0.253. The molecular formula is C22H17N3O3S. The van der Waals surface area contributed by atoms with Crippen LogP contribution in [-0.2, 0) is 16.6 Å². The first-order valence-electron chi connectivity index (χ1n) is 8.93. The lowest BCUT2D eigenvalue weighted by atomic mass is 10.1. The molecule has 1 aliphatic rings. The van der Waals surface area contributed by atoms with Gasteiger partial charge in [0.2, 0.25) is 0 Å². The second-order valence-electron chi connectivity index (χ2n) is 6.75. The molecule has 3 aromatic carbocycles. The average molecular weight is 403 g/mol. The van der Waals surface area contributed by atoms with Crippen LogP contribution >= 0.6 is 0 Å². The topological polar surface area (TPSA) is 81.5 Å². The minimum atomic E-state index is -4.03. The number of nitrogens with zero attached hydrogens (tertiary/aromatic N) is 3. The van der Waals surface area contributed by atoms with E-state index in [-0.39, 0.29) is 11.4 Å². The summed E-state index contributed by atoms with van der Waals surface area (Å²) in [6.07, 6.45) is 0. The second kappa shape index (κ2) is 7.08. The molecule has 4 rings (SSSR count). The highest BCUT2D eigenvalue weighted by molar-refractivity contribution is 7.94. The molecule has 0 unspecified atom stereocenters. The summed E-state index contributed by atoms with van der Waals surface area (Å²) in [5, 5.41) is 8.97. The molecule has 0 aliphatic carbocycles. The number of benzene rings is 3. The predicted octanol–water partition coefficient (Wildman–Crippen LogP) is 4.20. The van der Waals surface area contributed by atoms with Crippen LogP contribution in [0.15, 0.2) is 77.7 Å². The van der Waals surface area contributed by atoms with Crippen LogP contribution in [0.25, 0.3) is 0 Å². The molecule has 0 N–H and O–H groups in total. The minimum Gasteiger partial charge on any atom is -0.287 e. The zero-order valence-electron chi connectivity index (χ0n) is 15.6. The van der Waals surface area contributed by atoms with Gasteiger partial charge in [-0.15, -0.1) is 0 Å². The molecule has 0 bridgehead atoms. The summed E-state index contributed by atoms with van der Waals surface area (Å²) in [4.78, 5) is 14.9. The second-order valence-corrected chi connectivity index (χ2v) is 8.51. The van der Waals surface area contributed by atoms with Gasteiger partial charge in [-0.2, -0.15) is 9.57 Å². The number of amides is 2. The Hall–Kier alpha value is -3.63. The summed E-state index contributed by atoms with van der Waals surface area (Å²) < 4.78 is 27.3. The fourth-order valence-electron chi connectivity index (χ4n) is 3.26. The number of fused-ring (bicyclic) bond motifs is 1. The minimum absolute atomic E-state index is 0.0776. The van der Waals surface area contributed by atoms with Gasteiger partial charge in [0.1, 0.15) is 4.90 Å². The number of urea groups is 1. The van der Waals surface area contributed by atoms with Gasteiger partial charge in [0.15, 0.2) is 0 Å². The number of hydrogen-bond acceptors (Lipinski definition) is 4. The molecule has 29 heavy (non-hydrogen) atoms. The van der Waals surface area contributed by atoms with Gasteiger partial charge < -0.3 is 0 Å². The summed E-state index contributed by atoms with van der Waals surface area (Å²) in [5.74, 6) is 0. The molecule has 7 heteroatoms. The van der Waals surface area contributed by atoms with E-state index in [1.54, 1.807) is 66.7 Å².